The highest BCUT2D eigenvalue weighted by atomic mass is 79.9. The number of hydrogen-bond donors (Lipinski definition) is 1. The topological polar surface area (TPSA) is 102 Å². The van der Waals surface area contributed by atoms with Crippen molar-refractivity contribution in [3.05, 3.63) is 77.0 Å². The third-order valence-corrected chi connectivity index (χ3v) is 8.26. The quantitative estimate of drug-likeness (QED) is 0.305. The summed E-state index contributed by atoms with van der Waals surface area (Å²) in [6.45, 7) is 12.3. The van der Waals surface area contributed by atoms with Gasteiger partial charge >= 0.3 is 0 Å². The largest absolute Gasteiger partial charge is 0.502 e. The number of pyridine rings is 1. The van der Waals surface area contributed by atoms with E-state index in [1.54, 1.807) is 42.2 Å². The van der Waals surface area contributed by atoms with Gasteiger partial charge in [0, 0.05) is 49.7 Å². The first-order valence-corrected chi connectivity index (χ1v) is 14.0. The van der Waals surface area contributed by atoms with E-state index >= 15 is 0 Å². The lowest BCUT2D eigenvalue weighted by molar-refractivity contribution is 0.295. The highest BCUT2D eigenvalue weighted by Gasteiger charge is 2.29. The summed E-state index contributed by atoms with van der Waals surface area (Å²) in [7, 11) is -1.70. The van der Waals surface area contributed by atoms with E-state index in [1.165, 1.54) is 0 Å². The predicted molar refractivity (Wildman–Crippen MR) is 146 cm³/mol. The number of methoxy groups -OCH3 is 1. The standard InChI is InChI=1S/C21H25BrN6O2S.C4H8O/c1-15(2)14-31(29,30)27-8-5-17(6-9-27)19-10-20(24-12-16-4-3-7-23-11-16)28-21(26-19)18(22)13-25-28;1-4(2)5-3/h3-4,7,10-11,13,17,24H,1,5-6,8-9,12,14H2,2H3;1H2,2-3H3. The summed E-state index contributed by atoms with van der Waals surface area (Å²) >= 11 is 3.53. The molecule has 0 unspecified atom stereocenters. The van der Waals surface area contributed by atoms with E-state index < -0.39 is 10.0 Å². The van der Waals surface area contributed by atoms with E-state index in [-0.39, 0.29) is 11.7 Å². The first-order chi connectivity index (χ1) is 17.1. The SMILES string of the molecule is C=C(C)CS(=O)(=O)N1CCC(c2cc(NCc3cccnc3)n3ncc(Br)c3n2)CC1.C=C(C)OC. The number of rotatable bonds is 8. The number of allylic oxidation sites excluding steroid dienone is 1. The van der Waals surface area contributed by atoms with Crippen molar-refractivity contribution in [1.82, 2.24) is 23.9 Å². The summed E-state index contributed by atoms with van der Waals surface area (Å²) in [5, 5.41) is 7.86. The van der Waals surface area contributed by atoms with Gasteiger partial charge in [-0.15, -0.1) is 0 Å². The fraction of sp³-hybridized carbons (Fsp3) is 0.400. The Kier molecular flexibility index (Phi) is 9.63. The van der Waals surface area contributed by atoms with Crippen molar-refractivity contribution >= 4 is 37.4 Å². The van der Waals surface area contributed by atoms with Crippen LogP contribution in [0.1, 0.15) is 43.9 Å². The van der Waals surface area contributed by atoms with E-state index in [9.17, 15) is 8.42 Å². The smallest absolute Gasteiger partial charge is 0.217 e. The van der Waals surface area contributed by atoms with E-state index in [0.29, 0.717) is 25.2 Å². The van der Waals surface area contributed by atoms with Gasteiger partial charge in [0.1, 0.15) is 5.82 Å². The van der Waals surface area contributed by atoms with Crippen molar-refractivity contribution in [3.8, 4) is 0 Å². The average molecular weight is 578 g/mol. The maximum atomic E-state index is 12.5. The van der Waals surface area contributed by atoms with Crippen LogP contribution in [0.25, 0.3) is 5.65 Å². The number of ether oxygens (including phenoxy) is 1. The van der Waals surface area contributed by atoms with Gasteiger partial charge in [-0.3, -0.25) is 4.98 Å². The molecule has 0 atom stereocenters. The second-order valence-electron chi connectivity index (χ2n) is 8.80. The molecular weight excluding hydrogens is 544 g/mol. The van der Waals surface area contributed by atoms with Gasteiger partial charge < -0.3 is 10.1 Å². The summed E-state index contributed by atoms with van der Waals surface area (Å²) in [6.07, 6.45) is 6.76. The zero-order valence-electron chi connectivity index (χ0n) is 20.9. The van der Waals surface area contributed by atoms with Crippen LogP contribution >= 0.6 is 15.9 Å². The van der Waals surface area contributed by atoms with Crippen molar-refractivity contribution < 1.29 is 13.2 Å². The molecule has 1 fully saturated rings. The minimum Gasteiger partial charge on any atom is -0.502 e. The zero-order valence-corrected chi connectivity index (χ0v) is 23.3. The number of nitrogens with zero attached hydrogens (tertiary/aromatic N) is 5. The van der Waals surface area contributed by atoms with Crippen molar-refractivity contribution in [2.24, 2.45) is 0 Å². The fourth-order valence-corrected chi connectivity index (χ4v) is 5.74. The fourth-order valence-electron chi connectivity index (χ4n) is 3.82. The minimum absolute atomic E-state index is 0.00700. The molecule has 0 amide bonds. The predicted octanol–water partition coefficient (Wildman–Crippen LogP) is 4.75. The van der Waals surface area contributed by atoms with Crippen LogP contribution in [0.4, 0.5) is 5.82 Å². The van der Waals surface area contributed by atoms with Gasteiger partial charge in [0.15, 0.2) is 5.65 Å². The molecule has 0 radical (unpaired) electrons. The van der Waals surface area contributed by atoms with Gasteiger partial charge in [0.2, 0.25) is 10.0 Å². The number of hydrogen-bond acceptors (Lipinski definition) is 7. The van der Waals surface area contributed by atoms with Crippen LogP contribution in [-0.4, -0.2) is 58.3 Å². The van der Waals surface area contributed by atoms with E-state index in [1.807, 2.05) is 24.4 Å². The molecule has 0 bridgehead atoms. The maximum Gasteiger partial charge on any atom is 0.217 e. The second-order valence-corrected chi connectivity index (χ2v) is 11.6. The van der Waals surface area contributed by atoms with Crippen LogP contribution in [0.5, 0.6) is 0 Å². The Hall–Kier alpha value is -2.76. The number of aromatic nitrogens is 4. The second kappa shape index (κ2) is 12.5. The molecule has 0 aromatic carbocycles. The van der Waals surface area contributed by atoms with E-state index in [4.69, 9.17) is 4.98 Å². The lowest BCUT2D eigenvalue weighted by Crippen LogP contribution is -2.39. The number of anilines is 1. The zero-order chi connectivity index (χ0) is 26.3. The molecule has 3 aromatic rings. The molecule has 4 rings (SSSR count). The average Bonchev–Trinajstić information content (AvgIpc) is 3.23. The number of fused-ring (bicyclic) bond motifs is 1. The third kappa shape index (κ3) is 7.37. The molecule has 1 aliphatic rings. The normalized spacial score (nSPS) is 14.7. The summed E-state index contributed by atoms with van der Waals surface area (Å²) in [4.78, 5) is 8.99. The highest BCUT2D eigenvalue weighted by Crippen LogP contribution is 2.31. The summed E-state index contributed by atoms with van der Waals surface area (Å²) in [5.41, 5.74) is 3.41. The molecule has 0 aliphatic carbocycles. The first-order valence-electron chi connectivity index (χ1n) is 11.6. The number of halogens is 1. The number of piperidine rings is 1. The summed E-state index contributed by atoms with van der Waals surface area (Å²) in [6, 6.07) is 5.94. The number of nitrogens with one attached hydrogen (secondary N) is 1. The Labute approximate surface area is 221 Å². The van der Waals surface area contributed by atoms with Crippen molar-refractivity contribution in [2.45, 2.75) is 39.2 Å². The van der Waals surface area contributed by atoms with Crippen molar-refractivity contribution in [2.75, 3.05) is 31.3 Å². The Morgan fingerprint density at radius 3 is 2.53 bits per heavy atom. The Bertz CT molecular complexity index is 1300. The van der Waals surface area contributed by atoms with Gasteiger partial charge in [-0.2, -0.15) is 9.61 Å². The van der Waals surface area contributed by atoms with Gasteiger partial charge in [-0.05, 0) is 54.2 Å². The molecule has 194 valence electrons. The molecule has 4 heterocycles. The Balaban J connectivity index is 0.000000658. The summed E-state index contributed by atoms with van der Waals surface area (Å²) < 4.78 is 33.8. The van der Waals surface area contributed by atoms with Crippen LogP contribution in [0.2, 0.25) is 0 Å². The number of sulfonamides is 1. The Morgan fingerprint density at radius 2 is 1.94 bits per heavy atom. The molecule has 0 spiro atoms. The molecule has 36 heavy (non-hydrogen) atoms. The molecule has 11 heteroatoms. The van der Waals surface area contributed by atoms with Crippen LogP contribution in [0, 0.1) is 0 Å². The van der Waals surface area contributed by atoms with Gasteiger partial charge in [0.25, 0.3) is 0 Å². The minimum atomic E-state index is -3.29. The van der Waals surface area contributed by atoms with Gasteiger partial charge in [-0.25, -0.2) is 17.7 Å². The molecule has 3 aromatic heterocycles. The molecule has 9 nitrogen and oxygen atoms in total. The lowest BCUT2D eigenvalue weighted by Gasteiger charge is -2.31. The summed E-state index contributed by atoms with van der Waals surface area (Å²) in [5.74, 6) is 1.78. The van der Waals surface area contributed by atoms with Crippen molar-refractivity contribution in [3.63, 3.8) is 0 Å². The Morgan fingerprint density at radius 1 is 1.25 bits per heavy atom. The van der Waals surface area contributed by atoms with Crippen LogP contribution in [-0.2, 0) is 21.3 Å². The van der Waals surface area contributed by atoms with Crippen LogP contribution in [0.15, 0.2) is 65.8 Å². The highest BCUT2D eigenvalue weighted by molar-refractivity contribution is 9.10. The van der Waals surface area contributed by atoms with Gasteiger partial charge in [-0.1, -0.05) is 24.8 Å². The van der Waals surface area contributed by atoms with E-state index in [2.05, 4.69) is 49.2 Å². The van der Waals surface area contributed by atoms with Crippen molar-refractivity contribution in [1.29, 1.82) is 0 Å². The van der Waals surface area contributed by atoms with Gasteiger partial charge in [0.05, 0.1) is 29.3 Å². The molecule has 1 N–H and O–H groups in total. The molecule has 1 saturated heterocycles. The molecule has 0 saturated carbocycles. The van der Waals surface area contributed by atoms with Crippen LogP contribution < -0.4 is 5.32 Å². The lowest BCUT2D eigenvalue weighted by atomic mass is 9.94. The van der Waals surface area contributed by atoms with E-state index in [0.717, 1.165) is 45.8 Å². The monoisotopic (exact) mass is 576 g/mol. The third-order valence-electron chi connectivity index (χ3n) is 5.69. The maximum absolute atomic E-state index is 12.5. The first kappa shape index (κ1) is 27.8. The van der Waals surface area contributed by atoms with Crippen LogP contribution in [0.3, 0.4) is 0 Å². The molecule has 1 aliphatic heterocycles. The molecular formula is C25H33BrN6O3S.